The highest BCUT2D eigenvalue weighted by molar-refractivity contribution is 5.79. The van der Waals surface area contributed by atoms with Crippen LogP contribution in [0.1, 0.15) is 32.0 Å². The number of rotatable bonds is 5. The third kappa shape index (κ3) is 1.82. The molecule has 0 saturated heterocycles. The quantitative estimate of drug-likeness (QED) is 0.781. The molecule has 0 atom stereocenters. The Bertz CT molecular complexity index is 382. The highest BCUT2D eigenvalue weighted by Gasteiger charge is 2.43. The van der Waals surface area contributed by atoms with E-state index in [0.717, 1.165) is 31.6 Å². The summed E-state index contributed by atoms with van der Waals surface area (Å²) in [4.78, 5) is 15.3. The molecule has 2 rings (SSSR count). The summed E-state index contributed by atoms with van der Waals surface area (Å²) in [5.74, 6) is 0.156. The first kappa shape index (κ1) is 11.1. The van der Waals surface area contributed by atoms with E-state index in [0.29, 0.717) is 6.54 Å². The summed E-state index contributed by atoms with van der Waals surface area (Å²) < 4.78 is 2.02. The minimum absolute atomic E-state index is 0.521. The zero-order chi connectivity index (χ0) is 11.6. The van der Waals surface area contributed by atoms with Gasteiger partial charge < -0.3 is 9.67 Å². The van der Waals surface area contributed by atoms with Crippen molar-refractivity contribution < 1.29 is 9.90 Å². The lowest BCUT2D eigenvalue weighted by molar-refractivity contribution is -0.148. The van der Waals surface area contributed by atoms with E-state index in [1.807, 2.05) is 17.7 Å². The molecule has 1 aromatic heterocycles. The summed E-state index contributed by atoms with van der Waals surface area (Å²) in [5.41, 5.74) is -0.704. The molecule has 1 saturated carbocycles. The van der Waals surface area contributed by atoms with E-state index < -0.39 is 11.5 Å². The highest BCUT2D eigenvalue weighted by atomic mass is 16.4. The number of nitrogens with zero attached hydrogens (tertiary/aromatic N) is 2. The van der Waals surface area contributed by atoms with Crippen molar-refractivity contribution in [3.05, 3.63) is 18.2 Å². The van der Waals surface area contributed by atoms with Crippen LogP contribution in [-0.4, -0.2) is 26.2 Å². The predicted molar refractivity (Wildman–Crippen MR) is 59.0 cm³/mol. The second-order valence-corrected chi connectivity index (χ2v) is 4.22. The van der Waals surface area contributed by atoms with E-state index in [2.05, 4.69) is 10.3 Å². The molecule has 2 N–H and O–H groups in total. The fourth-order valence-electron chi connectivity index (χ4n) is 2.04. The maximum atomic E-state index is 11.1. The molecule has 5 nitrogen and oxygen atoms in total. The summed E-state index contributed by atoms with van der Waals surface area (Å²) in [5, 5.41) is 12.3. The average Bonchev–Trinajstić information content (AvgIpc) is 2.63. The van der Waals surface area contributed by atoms with Crippen LogP contribution in [0.2, 0.25) is 0 Å². The van der Waals surface area contributed by atoms with Gasteiger partial charge >= 0.3 is 5.97 Å². The summed E-state index contributed by atoms with van der Waals surface area (Å²) in [6.07, 6.45) is 6.08. The number of carboxylic acids is 1. The number of hydrogen-bond donors (Lipinski definition) is 2. The first-order valence-electron chi connectivity index (χ1n) is 5.66. The molecule has 0 unspecified atom stereocenters. The number of aromatic nitrogens is 2. The molecular weight excluding hydrogens is 206 g/mol. The molecule has 0 bridgehead atoms. The molecule has 1 aromatic rings. The van der Waals surface area contributed by atoms with Crippen LogP contribution >= 0.6 is 0 Å². The van der Waals surface area contributed by atoms with Crippen LogP contribution in [0.5, 0.6) is 0 Å². The maximum Gasteiger partial charge on any atom is 0.323 e. The Morgan fingerprint density at radius 3 is 2.94 bits per heavy atom. The predicted octanol–water partition coefficient (Wildman–Crippen LogP) is 1.000. The number of nitrogens with one attached hydrogen (secondary N) is 1. The monoisotopic (exact) mass is 223 g/mol. The van der Waals surface area contributed by atoms with Crippen LogP contribution in [0.15, 0.2) is 12.4 Å². The zero-order valence-corrected chi connectivity index (χ0v) is 9.44. The van der Waals surface area contributed by atoms with Gasteiger partial charge in [-0.2, -0.15) is 0 Å². The fourth-order valence-corrected chi connectivity index (χ4v) is 2.04. The van der Waals surface area contributed by atoms with Gasteiger partial charge in [0, 0.05) is 18.9 Å². The van der Waals surface area contributed by atoms with E-state index in [-0.39, 0.29) is 0 Å². The number of imidazole rings is 1. The van der Waals surface area contributed by atoms with Gasteiger partial charge in [-0.1, -0.05) is 0 Å². The van der Waals surface area contributed by atoms with E-state index in [9.17, 15) is 4.79 Å². The van der Waals surface area contributed by atoms with Crippen LogP contribution in [0.3, 0.4) is 0 Å². The van der Waals surface area contributed by atoms with Gasteiger partial charge in [-0.15, -0.1) is 0 Å². The van der Waals surface area contributed by atoms with Crippen LogP contribution in [-0.2, 0) is 17.9 Å². The van der Waals surface area contributed by atoms with Gasteiger partial charge in [0.25, 0.3) is 0 Å². The highest BCUT2D eigenvalue weighted by Crippen LogP contribution is 2.32. The molecule has 16 heavy (non-hydrogen) atoms. The number of carboxylic acid groups (broad SMARTS) is 1. The molecular formula is C11H17N3O2. The van der Waals surface area contributed by atoms with E-state index in [1.165, 1.54) is 0 Å². The SMILES string of the molecule is CCn1ccnc1CNC1(C(=O)O)CCC1. The van der Waals surface area contributed by atoms with Crippen molar-refractivity contribution in [2.24, 2.45) is 0 Å². The maximum absolute atomic E-state index is 11.1. The Morgan fingerprint density at radius 2 is 2.44 bits per heavy atom. The third-order valence-electron chi connectivity index (χ3n) is 3.34. The van der Waals surface area contributed by atoms with Crippen molar-refractivity contribution in [2.45, 2.75) is 44.8 Å². The van der Waals surface area contributed by atoms with Gasteiger partial charge in [0.1, 0.15) is 11.4 Å². The van der Waals surface area contributed by atoms with Crippen molar-refractivity contribution in [1.29, 1.82) is 0 Å². The second kappa shape index (κ2) is 4.25. The normalized spacial score (nSPS) is 18.1. The van der Waals surface area contributed by atoms with Crippen molar-refractivity contribution in [3.63, 3.8) is 0 Å². The topological polar surface area (TPSA) is 67.2 Å². The molecule has 0 aromatic carbocycles. The molecule has 1 fully saturated rings. The average molecular weight is 223 g/mol. The smallest absolute Gasteiger partial charge is 0.323 e. The minimum atomic E-state index is -0.742. The van der Waals surface area contributed by atoms with Crippen LogP contribution in [0, 0.1) is 0 Å². The summed E-state index contributed by atoms with van der Waals surface area (Å²) in [6.45, 7) is 3.42. The van der Waals surface area contributed by atoms with Crippen LogP contribution < -0.4 is 5.32 Å². The number of carbonyl (C=O) groups is 1. The van der Waals surface area contributed by atoms with Gasteiger partial charge in [-0.25, -0.2) is 4.98 Å². The molecule has 5 heteroatoms. The summed E-state index contributed by atoms with van der Waals surface area (Å²) in [6, 6.07) is 0. The molecule has 1 heterocycles. The third-order valence-corrected chi connectivity index (χ3v) is 3.34. The largest absolute Gasteiger partial charge is 0.480 e. The summed E-state index contributed by atoms with van der Waals surface area (Å²) in [7, 11) is 0. The Balaban J connectivity index is 1.99. The van der Waals surface area contributed by atoms with Crippen LogP contribution in [0.25, 0.3) is 0 Å². The molecule has 88 valence electrons. The van der Waals surface area contributed by atoms with Gasteiger partial charge in [0.15, 0.2) is 0 Å². The van der Waals surface area contributed by atoms with Crippen molar-refractivity contribution in [3.8, 4) is 0 Å². The van der Waals surface area contributed by atoms with E-state index in [4.69, 9.17) is 5.11 Å². The first-order valence-corrected chi connectivity index (χ1v) is 5.66. The second-order valence-electron chi connectivity index (χ2n) is 4.22. The van der Waals surface area contributed by atoms with Gasteiger partial charge in [0.2, 0.25) is 0 Å². The van der Waals surface area contributed by atoms with Crippen molar-refractivity contribution >= 4 is 5.97 Å². The lowest BCUT2D eigenvalue weighted by Gasteiger charge is -2.38. The zero-order valence-electron chi connectivity index (χ0n) is 9.44. The Morgan fingerprint density at radius 1 is 1.69 bits per heavy atom. The number of hydrogen-bond acceptors (Lipinski definition) is 3. The number of aliphatic carboxylic acids is 1. The van der Waals surface area contributed by atoms with Crippen molar-refractivity contribution in [1.82, 2.24) is 14.9 Å². The fraction of sp³-hybridized carbons (Fsp3) is 0.636. The molecule has 1 aliphatic rings. The Hall–Kier alpha value is -1.36. The van der Waals surface area contributed by atoms with Crippen LogP contribution in [0.4, 0.5) is 0 Å². The minimum Gasteiger partial charge on any atom is -0.480 e. The number of aryl methyl sites for hydroxylation is 1. The molecule has 0 amide bonds. The van der Waals surface area contributed by atoms with Crippen molar-refractivity contribution in [2.75, 3.05) is 0 Å². The lowest BCUT2D eigenvalue weighted by Crippen LogP contribution is -2.56. The summed E-state index contributed by atoms with van der Waals surface area (Å²) >= 11 is 0. The Labute approximate surface area is 94.5 Å². The van der Waals surface area contributed by atoms with E-state index in [1.54, 1.807) is 6.20 Å². The molecule has 0 aliphatic heterocycles. The molecule has 0 radical (unpaired) electrons. The molecule has 1 aliphatic carbocycles. The first-order chi connectivity index (χ1) is 7.68. The van der Waals surface area contributed by atoms with Gasteiger partial charge in [-0.05, 0) is 26.2 Å². The lowest BCUT2D eigenvalue weighted by atomic mass is 9.77. The van der Waals surface area contributed by atoms with Gasteiger partial charge in [0.05, 0.1) is 6.54 Å². The standard InChI is InChI=1S/C11H17N3O2/c1-2-14-7-6-12-9(14)8-13-11(10(15)16)4-3-5-11/h6-7,13H,2-5,8H2,1H3,(H,15,16). The van der Waals surface area contributed by atoms with E-state index >= 15 is 0 Å². The molecule has 0 spiro atoms. The van der Waals surface area contributed by atoms with Gasteiger partial charge in [-0.3, -0.25) is 10.1 Å². The Kier molecular flexibility index (Phi) is 2.96.